The maximum atomic E-state index is 10.4. The van der Waals surface area contributed by atoms with Gasteiger partial charge in [-0.2, -0.15) is 11.8 Å². The summed E-state index contributed by atoms with van der Waals surface area (Å²) in [7, 11) is 0. The molecule has 0 aliphatic heterocycles. The molecule has 0 rings (SSSR count). The summed E-state index contributed by atoms with van der Waals surface area (Å²) in [4.78, 5) is 10.4. The molecule has 0 saturated carbocycles. The minimum atomic E-state index is -0.171. The topological polar surface area (TPSA) is 26.3 Å². The van der Waals surface area contributed by atoms with Crippen LogP contribution in [-0.2, 0) is 9.53 Å². The van der Waals surface area contributed by atoms with Gasteiger partial charge in [-0.25, -0.2) is 0 Å². The molecule has 0 saturated heterocycles. The van der Waals surface area contributed by atoms with Crippen LogP contribution in [0, 0.1) is 0 Å². The zero-order chi connectivity index (χ0) is 11.4. The van der Waals surface area contributed by atoms with Crippen molar-refractivity contribution in [2.24, 2.45) is 0 Å². The molecule has 0 N–H and O–H groups in total. The van der Waals surface area contributed by atoms with Gasteiger partial charge in [-0.1, -0.05) is 39.0 Å². The number of rotatable bonds is 10. The van der Waals surface area contributed by atoms with Crippen LogP contribution >= 0.6 is 11.8 Å². The van der Waals surface area contributed by atoms with E-state index < -0.39 is 0 Å². The van der Waals surface area contributed by atoms with Crippen molar-refractivity contribution < 1.29 is 9.53 Å². The van der Waals surface area contributed by atoms with E-state index in [1.54, 1.807) is 0 Å². The molecule has 0 bridgehead atoms. The maximum absolute atomic E-state index is 10.4. The summed E-state index contributed by atoms with van der Waals surface area (Å²) in [5.74, 6) is 1.97. The van der Waals surface area contributed by atoms with Crippen molar-refractivity contribution in [1.82, 2.24) is 0 Å². The zero-order valence-corrected chi connectivity index (χ0v) is 10.9. The van der Waals surface area contributed by atoms with E-state index in [-0.39, 0.29) is 5.97 Å². The van der Waals surface area contributed by atoms with Crippen LogP contribution in [0.15, 0.2) is 0 Å². The lowest BCUT2D eigenvalue weighted by atomic mass is 10.1. The molecule has 0 fully saturated rings. The van der Waals surface area contributed by atoms with E-state index >= 15 is 0 Å². The largest absolute Gasteiger partial charge is 0.465 e. The van der Waals surface area contributed by atoms with Crippen LogP contribution in [0.2, 0.25) is 0 Å². The molecule has 0 aromatic heterocycles. The monoisotopic (exact) mass is 232 g/mol. The third-order valence-corrected chi connectivity index (χ3v) is 3.21. The molecule has 0 atom stereocenters. The summed E-state index contributed by atoms with van der Waals surface area (Å²) in [5, 5.41) is 0. The first-order valence-electron chi connectivity index (χ1n) is 5.98. The Balaban J connectivity index is 2.89. The van der Waals surface area contributed by atoms with E-state index in [9.17, 15) is 4.79 Å². The van der Waals surface area contributed by atoms with Crippen molar-refractivity contribution in [3.63, 3.8) is 0 Å². The average Bonchev–Trinajstić information content (AvgIpc) is 2.20. The molecule has 0 aromatic carbocycles. The zero-order valence-electron chi connectivity index (χ0n) is 10.1. The highest BCUT2D eigenvalue weighted by atomic mass is 32.2. The second-order valence-corrected chi connectivity index (χ2v) is 4.94. The van der Waals surface area contributed by atoms with Crippen molar-refractivity contribution in [2.75, 3.05) is 18.1 Å². The van der Waals surface area contributed by atoms with Gasteiger partial charge in [0.1, 0.15) is 6.61 Å². The molecule has 3 heteroatoms. The summed E-state index contributed by atoms with van der Waals surface area (Å²) in [5.41, 5.74) is 0. The molecule has 0 amide bonds. The van der Waals surface area contributed by atoms with E-state index in [1.165, 1.54) is 51.2 Å². The number of esters is 1. The average molecular weight is 232 g/mol. The van der Waals surface area contributed by atoms with Crippen molar-refractivity contribution in [2.45, 2.75) is 52.4 Å². The van der Waals surface area contributed by atoms with Crippen molar-refractivity contribution >= 4 is 17.7 Å². The number of unbranched alkanes of at least 4 members (excludes halogenated alkanes) is 5. The van der Waals surface area contributed by atoms with Crippen molar-refractivity contribution in [1.29, 1.82) is 0 Å². The Hall–Kier alpha value is -0.180. The Kier molecular flexibility index (Phi) is 11.7. The van der Waals surface area contributed by atoms with Crippen molar-refractivity contribution in [3.05, 3.63) is 0 Å². The minimum Gasteiger partial charge on any atom is -0.465 e. The van der Waals surface area contributed by atoms with Gasteiger partial charge in [-0.05, 0) is 12.2 Å². The SMILES string of the molecule is CCCCCCCCSCCOC(C)=O. The summed E-state index contributed by atoms with van der Waals surface area (Å²) in [6.45, 7) is 4.26. The van der Waals surface area contributed by atoms with Gasteiger partial charge in [0.2, 0.25) is 0 Å². The normalized spacial score (nSPS) is 10.3. The molecule has 2 nitrogen and oxygen atoms in total. The highest BCUT2D eigenvalue weighted by Gasteiger charge is 1.94. The lowest BCUT2D eigenvalue weighted by Crippen LogP contribution is -2.02. The fraction of sp³-hybridized carbons (Fsp3) is 0.917. The molecule has 0 aliphatic rings. The predicted molar refractivity (Wildman–Crippen MR) is 67.3 cm³/mol. The number of hydrogen-bond acceptors (Lipinski definition) is 3. The Bertz CT molecular complexity index is 149. The first-order chi connectivity index (χ1) is 7.27. The Morgan fingerprint density at radius 1 is 1.07 bits per heavy atom. The minimum absolute atomic E-state index is 0.171. The number of hydrogen-bond donors (Lipinski definition) is 0. The van der Waals surface area contributed by atoms with Crippen LogP contribution in [0.1, 0.15) is 52.4 Å². The standard InChI is InChI=1S/C12H24O2S/c1-3-4-5-6-7-8-10-15-11-9-14-12(2)13/h3-11H2,1-2H3. The fourth-order valence-electron chi connectivity index (χ4n) is 1.33. The van der Waals surface area contributed by atoms with Gasteiger partial charge in [-0.15, -0.1) is 0 Å². The number of carbonyl (C=O) groups is 1. The quantitative estimate of drug-likeness (QED) is 0.425. The first-order valence-corrected chi connectivity index (χ1v) is 7.14. The third-order valence-electron chi connectivity index (χ3n) is 2.18. The second-order valence-electron chi connectivity index (χ2n) is 3.72. The fourth-order valence-corrected chi connectivity index (χ4v) is 2.14. The highest BCUT2D eigenvalue weighted by Crippen LogP contribution is 2.09. The number of ether oxygens (including phenoxy) is 1. The molecular weight excluding hydrogens is 208 g/mol. The molecular formula is C12H24O2S. The number of thioether (sulfide) groups is 1. The van der Waals surface area contributed by atoms with E-state index in [2.05, 4.69) is 6.92 Å². The summed E-state index contributed by atoms with van der Waals surface area (Å²) >= 11 is 1.88. The predicted octanol–water partition coefficient (Wildman–Crippen LogP) is 3.64. The van der Waals surface area contributed by atoms with Gasteiger partial charge < -0.3 is 4.74 Å². The molecule has 0 radical (unpaired) electrons. The van der Waals surface area contributed by atoms with Gasteiger partial charge in [0, 0.05) is 12.7 Å². The van der Waals surface area contributed by atoms with Crippen LogP contribution in [0.3, 0.4) is 0 Å². The van der Waals surface area contributed by atoms with Gasteiger partial charge in [0.15, 0.2) is 0 Å². The van der Waals surface area contributed by atoms with Gasteiger partial charge >= 0.3 is 5.97 Å². The Morgan fingerprint density at radius 2 is 1.73 bits per heavy atom. The van der Waals surface area contributed by atoms with Crippen LogP contribution < -0.4 is 0 Å². The smallest absolute Gasteiger partial charge is 0.302 e. The van der Waals surface area contributed by atoms with E-state index in [4.69, 9.17) is 4.74 Å². The molecule has 0 aromatic rings. The van der Waals surface area contributed by atoms with Gasteiger partial charge in [0.25, 0.3) is 0 Å². The highest BCUT2D eigenvalue weighted by molar-refractivity contribution is 7.99. The first kappa shape index (κ1) is 14.8. The lowest BCUT2D eigenvalue weighted by molar-refractivity contribution is -0.140. The van der Waals surface area contributed by atoms with Crippen LogP contribution in [0.4, 0.5) is 0 Å². The van der Waals surface area contributed by atoms with Crippen LogP contribution in [0.25, 0.3) is 0 Å². The lowest BCUT2D eigenvalue weighted by Gasteiger charge is -2.02. The van der Waals surface area contributed by atoms with Gasteiger partial charge in [0.05, 0.1) is 0 Å². The van der Waals surface area contributed by atoms with Crippen LogP contribution in [0.5, 0.6) is 0 Å². The van der Waals surface area contributed by atoms with E-state index in [0.29, 0.717) is 6.61 Å². The summed E-state index contributed by atoms with van der Waals surface area (Å²) < 4.78 is 4.84. The maximum Gasteiger partial charge on any atom is 0.302 e. The summed E-state index contributed by atoms with van der Waals surface area (Å²) in [6, 6.07) is 0. The molecule has 0 heterocycles. The van der Waals surface area contributed by atoms with E-state index in [0.717, 1.165) is 5.75 Å². The second kappa shape index (κ2) is 11.9. The van der Waals surface area contributed by atoms with Gasteiger partial charge in [-0.3, -0.25) is 4.79 Å². The molecule has 0 spiro atoms. The van der Waals surface area contributed by atoms with Crippen LogP contribution in [-0.4, -0.2) is 24.1 Å². The Morgan fingerprint density at radius 3 is 2.40 bits per heavy atom. The van der Waals surface area contributed by atoms with Crippen molar-refractivity contribution in [3.8, 4) is 0 Å². The molecule has 0 aliphatic carbocycles. The molecule has 0 unspecified atom stereocenters. The molecule has 15 heavy (non-hydrogen) atoms. The third kappa shape index (κ3) is 13.8. The summed E-state index contributed by atoms with van der Waals surface area (Å²) in [6.07, 6.45) is 8.10. The van der Waals surface area contributed by atoms with E-state index in [1.807, 2.05) is 11.8 Å². The number of carbonyl (C=O) groups excluding carboxylic acids is 1. The Labute approximate surface area is 98.2 Å². The molecule has 90 valence electrons.